The molecule has 3 nitrogen and oxygen atoms in total. The van der Waals surface area contributed by atoms with Crippen molar-refractivity contribution in [1.29, 1.82) is 0 Å². The van der Waals surface area contributed by atoms with Gasteiger partial charge < -0.3 is 5.11 Å². The molecule has 0 bridgehead atoms. The van der Waals surface area contributed by atoms with Gasteiger partial charge >= 0.3 is 5.97 Å². The zero-order valence-electron chi connectivity index (χ0n) is 9.06. The Kier molecular flexibility index (Phi) is 7.61. The molecule has 1 N–H and O–H groups in total. The summed E-state index contributed by atoms with van der Waals surface area (Å²) in [6.07, 6.45) is 6.06. The van der Waals surface area contributed by atoms with Gasteiger partial charge in [0, 0.05) is 24.4 Å². The maximum atomic E-state index is 10.2. The lowest BCUT2D eigenvalue weighted by Gasteiger charge is -2.25. The van der Waals surface area contributed by atoms with E-state index in [1.807, 2.05) is 18.8 Å². The molecule has 0 aromatic carbocycles. The van der Waals surface area contributed by atoms with Crippen LogP contribution in [0.1, 0.15) is 13.3 Å². The zero-order valence-corrected chi connectivity index (χ0v) is 9.88. The summed E-state index contributed by atoms with van der Waals surface area (Å²) in [6, 6.07) is 0.531. The predicted octanol–water partition coefficient (Wildman–Crippen LogP) is 1.70. The summed E-state index contributed by atoms with van der Waals surface area (Å²) < 4.78 is 0. The highest BCUT2D eigenvalue weighted by Crippen LogP contribution is 2.07. The standard InChI is InChI=1S/C10H19NO2S/c1-4-9(8-14-3)11(2)7-5-6-10(12)13/h5-6,9H,4,7-8H2,1-3H3,(H,12,13)/b6-5+. The van der Waals surface area contributed by atoms with E-state index >= 15 is 0 Å². The van der Waals surface area contributed by atoms with Crippen molar-refractivity contribution in [3.8, 4) is 0 Å². The van der Waals surface area contributed by atoms with Crippen molar-refractivity contribution in [3.63, 3.8) is 0 Å². The van der Waals surface area contributed by atoms with Crippen molar-refractivity contribution in [2.45, 2.75) is 19.4 Å². The number of carbonyl (C=O) groups is 1. The highest BCUT2D eigenvalue weighted by Gasteiger charge is 2.09. The first-order valence-corrected chi connectivity index (χ1v) is 6.09. The molecule has 4 heteroatoms. The van der Waals surface area contributed by atoms with Gasteiger partial charge in [-0.15, -0.1) is 0 Å². The number of likely N-dealkylation sites (N-methyl/N-ethyl adjacent to an activating group) is 1. The number of nitrogens with zero attached hydrogens (tertiary/aromatic N) is 1. The monoisotopic (exact) mass is 217 g/mol. The van der Waals surface area contributed by atoms with Gasteiger partial charge in [-0.05, 0) is 19.7 Å². The minimum Gasteiger partial charge on any atom is -0.478 e. The molecule has 0 spiro atoms. The number of hydrogen-bond acceptors (Lipinski definition) is 3. The number of carboxylic acid groups (broad SMARTS) is 1. The van der Waals surface area contributed by atoms with E-state index in [0.29, 0.717) is 12.6 Å². The van der Waals surface area contributed by atoms with Crippen LogP contribution in [0.5, 0.6) is 0 Å². The van der Waals surface area contributed by atoms with Crippen molar-refractivity contribution in [2.75, 3.05) is 25.6 Å². The van der Waals surface area contributed by atoms with Crippen LogP contribution in [0.25, 0.3) is 0 Å². The van der Waals surface area contributed by atoms with Gasteiger partial charge in [-0.2, -0.15) is 11.8 Å². The van der Waals surface area contributed by atoms with Crippen molar-refractivity contribution in [3.05, 3.63) is 12.2 Å². The molecule has 0 radical (unpaired) electrons. The summed E-state index contributed by atoms with van der Waals surface area (Å²) in [4.78, 5) is 12.4. The average molecular weight is 217 g/mol. The molecule has 0 aromatic heterocycles. The van der Waals surface area contributed by atoms with Gasteiger partial charge in [0.1, 0.15) is 0 Å². The van der Waals surface area contributed by atoms with Crippen LogP contribution < -0.4 is 0 Å². The molecule has 0 aliphatic carbocycles. The molecule has 1 atom stereocenters. The number of hydrogen-bond donors (Lipinski definition) is 1. The number of rotatable bonds is 7. The highest BCUT2D eigenvalue weighted by atomic mass is 32.2. The van der Waals surface area contributed by atoms with Gasteiger partial charge in [0.2, 0.25) is 0 Å². The lowest BCUT2D eigenvalue weighted by Crippen LogP contribution is -2.33. The van der Waals surface area contributed by atoms with E-state index in [1.54, 1.807) is 6.08 Å². The summed E-state index contributed by atoms with van der Waals surface area (Å²) in [5, 5.41) is 8.42. The van der Waals surface area contributed by atoms with Crippen molar-refractivity contribution < 1.29 is 9.90 Å². The second kappa shape index (κ2) is 7.88. The lowest BCUT2D eigenvalue weighted by atomic mass is 10.2. The Morgan fingerprint density at radius 2 is 2.29 bits per heavy atom. The number of thioether (sulfide) groups is 1. The number of aliphatic carboxylic acids is 1. The van der Waals surface area contributed by atoms with E-state index in [1.165, 1.54) is 6.08 Å². The first kappa shape index (κ1) is 13.5. The van der Waals surface area contributed by atoms with E-state index in [4.69, 9.17) is 5.11 Å². The third kappa shape index (κ3) is 6.05. The molecule has 0 rings (SSSR count). The topological polar surface area (TPSA) is 40.5 Å². The van der Waals surface area contributed by atoms with E-state index < -0.39 is 5.97 Å². The Balaban J connectivity index is 3.90. The molecule has 0 saturated heterocycles. The van der Waals surface area contributed by atoms with Gasteiger partial charge in [-0.1, -0.05) is 13.0 Å². The summed E-state index contributed by atoms with van der Waals surface area (Å²) in [7, 11) is 2.02. The molecule has 0 aromatic rings. The third-order valence-corrected chi connectivity index (χ3v) is 2.83. The molecule has 0 aliphatic heterocycles. The van der Waals surface area contributed by atoms with E-state index in [9.17, 15) is 4.79 Å². The van der Waals surface area contributed by atoms with Gasteiger partial charge in [-0.3, -0.25) is 4.90 Å². The summed E-state index contributed by atoms with van der Waals surface area (Å²) in [6.45, 7) is 2.85. The van der Waals surface area contributed by atoms with Gasteiger partial charge in [0.25, 0.3) is 0 Å². The Hall–Kier alpha value is -0.480. The zero-order chi connectivity index (χ0) is 11.0. The van der Waals surface area contributed by atoms with Crippen LogP contribution in [0.2, 0.25) is 0 Å². The molecule has 0 aliphatic rings. The maximum absolute atomic E-state index is 10.2. The van der Waals surface area contributed by atoms with E-state index in [2.05, 4.69) is 18.1 Å². The minimum atomic E-state index is -0.878. The molecular formula is C10H19NO2S. The average Bonchev–Trinajstić information content (AvgIpc) is 2.13. The van der Waals surface area contributed by atoms with E-state index in [0.717, 1.165) is 12.2 Å². The molecule has 0 saturated carbocycles. The van der Waals surface area contributed by atoms with Crippen molar-refractivity contribution >= 4 is 17.7 Å². The molecule has 0 heterocycles. The maximum Gasteiger partial charge on any atom is 0.328 e. The highest BCUT2D eigenvalue weighted by molar-refractivity contribution is 7.98. The SMILES string of the molecule is CCC(CSC)N(C)C/C=C/C(=O)O. The first-order valence-electron chi connectivity index (χ1n) is 4.70. The van der Waals surface area contributed by atoms with Gasteiger partial charge in [-0.25, -0.2) is 4.79 Å². The smallest absolute Gasteiger partial charge is 0.328 e. The number of carboxylic acids is 1. The molecular weight excluding hydrogens is 198 g/mol. The van der Waals surface area contributed by atoms with E-state index in [-0.39, 0.29) is 0 Å². The Morgan fingerprint density at radius 1 is 1.64 bits per heavy atom. The lowest BCUT2D eigenvalue weighted by molar-refractivity contribution is -0.131. The summed E-state index contributed by atoms with van der Waals surface area (Å²) in [5.41, 5.74) is 0. The Labute approximate surface area is 90.2 Å². The Bertz CT molecular complexity index is 195. The molecule has 82 valence electrons. The predicted molar refractivity (Wildman–Crippen MR) is 61.9 cm³/mol. The van der Waals surface area contributed by atoms with Crippen LogP contribution in [0.15, 0.2) is 12.2 Å². The van der Waals surface area contributed by atoms with Crippen molar-refractivity contribution in [2.24, 2.45) is 0 Å². The Morgan fingerprint density at radius 3 is 2.71 bits per heavy atom. The van der Waals surface area contributed by atoms with Gasteiger partial charge in [0.15, 0.2) is 0 Å². The van der Waals surface area contributed by atoms with Gasteiger partial charge in [0.05, 0.1) is 0 Å². The van der Waals surface area contributed by atoms with Crippen molar-refractivity contribution in [1.82, 2.24) is 4.90 Å². The van der Waals surface area contributed by atoms with Crippen LogP contribution in [-0.4, -0.2) is 47.6 Å². The summed E-state index contributed by atoms with van der Waals surface area (Å²) in [5.74, 6) is 0.213. The quantitative estimate of drug-likeness (QED) is 0.659. The van der Waals surface area contributed by atoms with Crippen LogP contribution in [-0.2, 0) is 4.79 Å². The molecule has 0 amide bonds. The fourth-order valence-electron chi connectivity index (χ4n) is 1.22. The normalized spacial score (nSPS) is 13.7. The first-order chi connectivity index (χ1) is 6.61. The second-order valence-corrected chi connectivity index (χ2v) is 4.11. The molecule has 0 fully saturated rings. The van der Waals surface area contributed by atoms with Crippen LogP contribution in [0, 0.1) is 0 Å². The largest absolute Gasteiger partial charge is 0.478 e. The fourth-order valence-corrected chi connectivity index (χ4v) is 2.09. The van der Waals surface area contributed by atoms with Crippen LogP contribution in [0.3, 0.4) is 0 Å². The second-order valence-electron chi connectivity index (χ2n) is 3.20. The molecule has 14 heavy (non-hydrogen) atoms. The fraction of sp³-hybridized carbons (Fsp3) is 0.700. The van der Waals surface area contributed by atoms with Crippen LogP contribution >= 0.6 is 11.8 Å². The minimum absolute atomic E-state index is 0.531. The molecule has 1 unspecified atom stereocenters. The van der Waals surface area contributed by atoms with Crippen LogP contribution in [0.4, 0.5) is 0 Å². The summed E-state index contributed by atoms with van der Waals surface area (Å²) >= 11 is 1.82. The third-order valence-electron chi connectivity index (χ3n) is 2.11.